The van der Waals surface area contributed by atoms with Crippen molar-refractivity contribution in [3.63, 3.8) is 0 Å². The predicted octanol–water partition coefficient (Wildman–Crippen LogP) is 0.628. The van der Waals surface area contributed by atoms with Gasteiger partial charge in [-0.1, -0.05) is 11.2 Å². The van der Waals surface area contributed by atoms with E-state index in [0.717, 1.165) is 6.07 Å². The Morgan fingerprint density at radius 3 is 2.75 bits per heavy atom. The van der Waals surface area contributed by atoms with E-state index in [2.05, 4.69) is 15.3 Å². The molecule has 0 saturated carbocycles. The number of carbonyl (C=O) groups excluding carboxylic acids is 1. The van der Waals surface area contributed by atoms with Crippen molar-refractivity contribution in [1.82, 2.24) is 5.32 Å². The van der Waals surface area contributed by atoms with E-state index in [1.54, 1.807) is 0 Å². The van der Waals surface area contributed by atoms with E-state index in [1.165, 1.54) is 26.3 Å². The molecule has 0 aliphatic carbocycles. The maximum Gasteiger partial charge on any atom is 0.273 e. The number of rotatable bonds is 3. The Balaban J connectivity index is 3.32. The number of aromatic hydroxyl groups is 1. The van der Waals surface area contributed by atoms with Crippen molar-refractivity contribution in [1.29, 1.82) is 0 Å². The molecule has 1 aromatic carbocycles. The van der Waals surface area contributed by atoms with Gasteiger partial charge in [0.2, 0.25) is 0 Å². The quantitative estimate of drug-likeness (QED) is 0.586. The maximum atomic E-state index is 13.4. The van der Waals surface area contributed by atoms with E-state index in [1.807, 2.05) is 0 Å². The molecular weight excluding hydrogens is 215 g/mol. The van der Waals surface area contributed by atoms with Crippen LogP contribution in [0.1, 0.15) is 5.56 Å². The number of halogens is 1. The second kappa shape index (κ2) is 5.11. The van der Waals surface area contributed by atoms with Crippen molar-refractivity contribution in [2.45, 2.75) is 0 Å². The van der Waals surface area contributed by atoms with E-state index in [0.29, 0.717) is 0 Å². The minimum atomic E-state index is -0.751. The molecule has 6 heteroatoms. The maximum absolute atomic E-state index is 13.4. The SMILES string of the molecule is CNC(=O)/C(=N\OC)c1c(O)cccc1F. The minimum Gasteiger partial charge on any atom is -0.507 e. The summed E-state index contributed by atoms with van der Waals surface area (Å²) in [6.07, 6.45) is 0. The van der Waals surface area contributed by atoms with Gasteiger partial charge in [-0.3, -0.25) is 4.79 Å². The Kier molecular flexibility index (Phi) is 3.82. The standard InChI is InChI=1S/C10H11FN2O3/c1-12-10(15)9(13-16-2)8-6(11)4-3-5-7(8)14/h3-5,14H,1-2H3,(H,12,15)/b13-9-. The van der Waals surface area contributed by atoms with Gasteiger partial charge in [0.25, 0.3) is 5.91 Å². The van der Waals surface area contributed by atoms with Gasteiger partial charge in [-0.2, -0.15) is 0 Å². The molecule has 16 heavy (non-hydrogen) atoms. The molecule has 0 aliphatic rings. The molecule has 0 fully saturated rings. The highest BCUT2D eigenvalue weighted by molar-refractivity contribution is 6.45. The molecule has 0 spiro atoms. The molecule has 0 bridgehead atoms. The zero-order valence-electron chi connectivity index (χ0n) is 8.82. The van der Waals surface area contributed by atoms with Crippen LogP contribution in [0.25, 0.3) is 0 Å². The average Bonchev–Trinajstić information content (AvgIpc) is 2.26. The summed E-state index contributed by atoms with van der Waals surface area (Å²) in [5.41, 5.74) is -0.607. The lowest BCUT2D eigenvalue weighted by Crippen LogP contribution is -2.29. The second-order valence-electron chi connectivity index (χ2n) is 2.84. The summed E-state index contributed by atoms with van der Waals surface area (Å²) in [6.45, 7) is 0. The number of oxime groups is 1. The predicted molar refractivity (Wildman–Crippen MR) is 55.7 cm³/mol. The fourth-order valence-corrected chi connectivity index (χ4v) is 1.16. The smallest absolute Gasteiger partial charge is 0.273 e. The third kappa shape index (κ3) is 2.28. The van der Waals surface area contributed by atoms with Crippen molar-refractivity contribution in [3.05, 3.63) is 29.6 Å². The molecule has 5 nitrogen and oxygen atoms in total. The number of nitrogens with one attached hydrogen (secondary N) is 1. The molecule has 86 valence electrons. The van der Waals surface area contributed by atoms with Crippen molar-refractivity contribution in [2.75, 3.05) is 14.2 Å². The normalized spacial score (nSPS) is 11.1. The van der Waals surface area contributed by atoms with Gasteiger partial charge in [0.05, 0.1) is 5.56 Å². The van der Waals surface area contributed by atoms with Crippen LogP contribution in [0.4, 0.5) is 4.39 Å². The van der Waals surface area contributed by atoms with Crippen molar-refractivity contribution < 1.29 is 19.1 Å². The first kappa shape index (κ1) is 12.0. The van der Waals surface area contributed by atoms with Crippen LogP contribution in [-0.4, -0.2) is 30.9 Å². The first-order valence-electron chi connectivity index (χ1n) is 4.43. The van der Waals surface area contributed by atoms with Crippen molar-refractivity contribution in [3.8, 4) is 5.75 Å². The minimum absolute atomic E-state index is 0.288. The molecule has 1 aromatic rings. The molecule has 1 amide bonds. The zero-order valence-corrected chi connectivity index (χ0v) is 8.82. The number of benzene rings is 1. The molecule has 0 atom stereocenters. The van der Waals surface area contributed by atoms with Gasteiger partial charge in [0, 0.05) is 7.05 Å². The number of hydrogen-bond donors (Lipinski definition) is 2. The molecular formula is C10H11FN2O3. The summed E-state index contributed by atoms with van der Waals surface area (Å²) in [4.78, 5) is 15.8. The summed E-state index contributed by atoms with van der Waals surface area (Å²) in [5, 5.41) is 15.1. The molecule has 2 N–H and O–H groups in total. The monoisotopic (exact) mass is 226 g/mol. The number of hydrogen-bond acceptors (Lipinski definition) is 4. The molecule has 0 saturated heterocycles. The summed E-state index contributed by atoms with van der Waals surface area (Å²) >= 11 is 0. The Morgan fingerprint density at radius 1 is 1.56 bits per heavy atom. The van der Waals surface area contributed by atoms with Crippen LogP contribution in [0.2, 0.25) is 0 Å². The fraction of sp³-hybridized carbons (Fsp3) is 0.200. The topological polar surface area (TPSA) is 70.9 Å². The van der Waals surface area contributed by atoms with Gasteiger partial charge in [0.15, 0.2) is 5.71 Å². The highest BCUT2D eigenvalue weighted by Gasteiger charge is 2.21. The first-order valence-corrected chi connectivity index (χ1v) is 4.43. The van der Waals surface area contributed by atoms with Gasteiger partial charge in [0.1, 0.15) is 18.7 Å². The summed E-state index contributed by atoms with van der Waals surface area (Å²) in [5.74, 6) is -1.78. The Hall–Kier alpha value is -2.11. The third-order valence-electron chi connectivity index (χ3n) is 1.85. The number of carbonyl (C=O) groups is 1. The Bertz CT molecular complexity index is 412. The largest absolute Gasteiger partial charge is 0.507 e. The Labute approximate surface area is 91.5 Å². The summed E-state index contributed by atoms with van der Waals surface area (Å²) in [7, 11) is 2.59. The first-order chi connectivity index (χ1) is 7.61. The van der Waals surface area contributed by atoms with Gasteiger partial charge in [-0.25, -0.2) is 4.39 Å². The van der Waals surface area contributed by atoms with Crippen LogP contribution in [0.15, 0.2) is 23.4 Å². The van der Waals surface area contributed by atoms with Gasteiger partial charge < -0.3 is 15.3 Å². The van der Waals surface area contributed by atoms with E-state index in [9.17, 15) is 14.3 Å². The summed E-state index contributed by atoms with van der Waals surface area (Å²) < 4.78 is 13.4. The van der Waals surface area contributed by atoms with E-state index < -0.39 is 11.7 Å². The fourth-order valence-electron chi connectivity index (χ4n) is 1.16. The highest BCUT2D eigenvalue weighted by atomic mass is 19.1. The number of amides is 1. The number of likely N-dealkylation sites (N-methyl/N-ethyl adjacent to an activating group) is 1. The van der Waals surface area contributed by atoms with Gasteiger partial charge in [-0.05, 0) is 12.1 Å². The van der Waals surface area contributed by atoms with Crippen LogP contribution in [0.5, 0.6) is 5.75 Å². The van der Waals surface area contributed by atoms with Crippen LogP contribution in [-0.2, 0) is 9.63 Å². The zero-order chi connectivity index (χ0) is 12.1. The number of phenolic OH excluding ortho intramolecular Hbond substituents is 1. The molecule has 1 rings (SSSR count). The van der Waals surface area contributed by atoms with Crippen LogP contribution < -0.4 is 5.32 Å². The van der Waals surface area contributed by atoms with E-state index >= 15 is 0 Å². The second-order valence-corrected chi connectivity index (χ2v) is 2.84. The van der Waals surface area contributed by atoms with Crippen LogP contribution in [0, 0.1) is 5.82 Å². The lowest BCUT2D eigenvalue weighted by Gasteiger charge is -2.07. The lowest BCUT2D eigenvalue weighted by atomic mass is 10.1. The lowest BCUT2D eigenvalue weighted by molar-refractivity contribution is -0.114. The third-order valence-corrected chi connectivity index (χ3v) is 1.85. The molecule has 0 heterocycles. The molecule has 0 unspecified atom stereocenters. The van der Waals surface area contributed by atoms with Crippen LogP contribution in [0.3, 0.4) is 0 Å². The summed E-state index contributed by atoms with van der Waals surface area (Å²) in [6, 6.07) is 3.69. The number of nitrogens with zero attached hydrogens (tertiary/aromatic N) is 1. The average molecular weight is 226 g/mol. The van der Waals surface area contributed by atoms with E-state index in [4.69, 9.17) is 0 Å². The molecule has 0 aromatic heterocycles. The van der Waals surface area contributed by atoms with Gasteiger partial charge in [-0.15, -0.1) is 0 Å². The van der Waals surface area contributed by atoms with Crippen LogP contribution >= 0.6 is 0 Å². The van der Waals surface area contributed by atoms with Gasteiger partial charge >= 0.3 is 0 Å². The number of phenols is 1. The Morgan fingerprint density at radius 2 is 2.25 bits per heavy atom. The van der Waals surface area contributed by atoms with Crippen molar-refractivity contribution >= 4 is 11.6 Å². The molecule has 0 radical (unpaired) electrons. The molecule has 0 aliphatic heterocycles. The highest BCUT2D eigenvalue weighted by Crippen LogP contribution is 2.20. The van der Waals surface area contributed by atoms with E-state index in [-0.39, 0.29) is 17.0 Å². The van der Waals surface area contributed by atoms with Crippen molar-refractivity contribution in [2.24, 2.45) is 5.16 Å².